The van der Waals surface area contributed by atoms with E-state index in [2.05, 4.69) is 15.3 Å². The van der Waals surface area contributed by atoms with Crippen molar-refractivity contribution in [3.63, 3.8) is 0 Å². The number of amides is 1. The maximum absolute atomic E-state index is 12.8. The minimum atomic E-state index is 0.0930. The molecule has 0 spiro atoms. The zero-order chi connectivity index (χ0) is 21.2. The van der Waals surface area contributed by atoms with Crippen molar-refractivity contribution in [2.24, 2.45) is 18.9 Å². The van der Waals surface area contributed by atoms with Gasteiger partial charge in [-0.05, 0) is 61.8 Å². The number of carbonyl (C=O) groups is 1. The van der Waals surface area contributed by atoms with Crippen molar-refractivity contribution in [3.8, 4) is 16.9 Å². The number of hydrogen-bond donors (Lipinski definition) is 1. The minimum absolute atomic E-state index is 0.0930. The molecule has 3 aliphatic heterocycles. The van der Waals surface area contributed by atoms with Gasteiger partial charge in [0.05, 0.1) is 18.5 Å². The molecule has 0 bridgehead atoms. The second-order valence-electron chi connectivity index (χ2n) is 9.15. The summed E-state index contributed by atoms with van der Waals surface area (Å²) in [6, 6.07) is 6.60. The van der Waals surface area contributed by atoms with E-state index >= 15 is 0 Å². The molecule has 1 aromatic carbocycles. The van der Waals surface area contributed by atoms with Crippen molar-refractivity contribution in [1.29, 1.82) is 0 Å². The van der Waals surface area contributed by atoms with Gasteiger partial charge in [0.2, 0.25) is 5.91 Å². The number of aromatic nitrogens is 2. The molecule has 0 saturated carbocycles. The lowest BCUT2D eigenvalue weighted by Gasteiger charge is -2.43. The van der Waals surface area contributed by atoms with E-state index in [1.807, 2.05) is 37.6 Å². The lowest BCUT2D eigenvalue weighted by Crippen LogP contribution is -2.48. The predicted molar refractivity (Wildman–Crippen MR) is 119 cm³/mol. The van der Waals surface area contributed by atoms with Crippen LogP contribution in [0.1, 0.15) is 32.1 Å². The lowest BCUT2D eigenvalue weighted by atomic mass is 9.80. The standard InChI is InChI=1S/C24H32N4O3/c1-27-15-20(14-25-27)17-2-3-22-23(12-17)31-11-5-19-16-28(21-6-9-30-10-7-21)8-4-18(19)13-24(29)26-22/h2-3,12,14-15,18-19,21H,4-11,13,16H2,1H3,(H,26,29)/t18-,19-/m0/s1. The number of hydrogen-bond acceptors (Lipinski definition) is 5. The highest BCUT2D eigenvalue weighted by Gasteiger charge is 2.34. The van der Waals surface area contributed by atoms with Crippen molar-refractivity contribution < 1.29 is 14.3 Å². The van der Waals surface area contributed by atoms with Gasteiger partial charge in [-0.25, -0.2) is 0 Å². The Hall–Kier alpha value is -2.38. The number of benzene rings is 1. The van der Waals surface area contributed by atoms with Crippen LogP contribution in [0, 0.1) is 11.8 Å². The summed E-state index contributed by atoms with van der Waals surface area (Å²) in [5, 5.41) is 7.37. The zero-order valence-corrected chi connectivity index (χ0v) is 18.3. The number of anilines is 1. The molecule has 0 aliphatic carbocycles. The molecule has 1 amide bonds. The van der Waals surface area contributed by atoms with Crippen molar-refractivity contribution >= 4 is 11.6 Å². The van der Waals surface area contributed by atoms with E-state index in [4.69, 9.17) is 9.47 Å². The van der Waals surface area contributed by atoms with Crippen LogP contribution in [0.5, 0.6) is 5.75 Å². The highest BCUT2D eigenvalue weighted by atomic mass is 16.5. The van der Waals surface area contributed by atoms with E-state index in [1.165, 1.54) is 0 Å². The Morgan fingerprint density at radius 1 is 1.06 bits per heavy atom. The number of fused-ring (bicyclic) bond motifs is 2. The van der Waals surface area contributed by atoms with Gasteiger partial charge in [0.1, 0.15) is 5.75 Å². The minimum Gasteiger partial charge on any atom is -0.491 e. The van der Waals surface area contributed by atoms with Gasteiger partial charge >= 0.3 is 0 Å². The normalized spacial score (nSPS) is 25.8. The van der Waals surface area contributed by atoms with Gasteiger partial charge in [-0.3, -0.25) is 14.4 Å². The fraction of sp³-hybridized carbons (Fsp3) is 0.583. The van der Waals surface area contributed by atoms with Gasteiger partial charge in [0.15, 0.2) is 0 Å². The van der Waals surface area contributed by atoms with Crippen LogP contribution in [0.15, 0.2) is 30.6 Å². The monoisotopic (exact) mass is 424 g/mol. The topological polar surface area (TPSA) is 68.6 Å². The van der Waals surface area contributed by atoms with E-state index in [0.717, 1.165) is 74.6 Å². The van der Waals surface area contributed by atoms with Gasteiger partial charge in [-0.1, -0.05) is 6.07 Å². The molecular formula is C24H32N4O3. The van der Waals surface area contributed by atoms with Gasteiger partial charge in [-0.15, -0.1) is 0 Å². The first kappa shape index (κ1) is 20.5. The van der Waals surface area contributed by atoms with Crippen LogP contribution in [0.3, 0.4) is 0 Å². The largest absolute Gasteiger partial charge is 0.491 e. The first-order chi connectivity index (χ1) is 15.2. The smallest absolute Gasteiger partial charge is 0.224 e. The second-order valence-corrected chi connectivity index (χ2v) is 9.15. The Morgan fingerprint density at radius 2 is 1.94 bits per heavy atom. The summed E-state index contributed by atoms with van der Waals surface area (Å²) in [6.07, 6.45) is 8.74. The maximum Gasteiger partial charge on any atom is 0.224 e. The summed E-state index contributed by atoms with van der Waals surface area (Å²) >= 11 is 0. The molecule has 2 fully saturated rings. The van der Waals surface area contributed by atoms with Crippen molar-refractivity contribution in [3.05, 3.63) is 30.6 Å². The molecule has 5 rings (SSSR count). The van der Waals surface area contributed by atoms with Crippen molar-refractivity contribution in [1.82, 2.24) is 14.7 Å². The van der Waals surface area contributed by atoms with E-state index in [-0.39, 0.29) is 5.91 Å². The van der Waals surface area contributed by atoms with Crippen LogP contribution >= 0.6 is 0 Å². The van der Waals surface area contributed by atoms with Crippen molar-refractivity contribution in [2.75, 3.05) is 38.2 Å². The third-order valence-electron chi connectivity index (χ3n) is 7.12. The fourth-order valence-corrected chi connectivity index (χ4v) is 5.34. The van der Waals surface area contributed by atoms with E-state index in [0.29, 0.717) is 30.9 Å². The number of aryl methyl sites for hydroxylation is 1. The van der Waals surface area contributed by atoms with Crippen LogP contribution in [0.25, 0.3) is 11.1 Å². The Labute approximate surface area is 183 Å². The number of ether oxygens (including phenoxy) is 2. The van der Waals surface area contributed by atoms with Crippen LogP contribution in [0.4, 0.5) is 5.69 Å². The number of likely N-dealkylation sites (tertiary alicyclic amines) is 1. The summed E-state index contributed by atoms with van der Waals surface area (Å²) < 4.78 is 13.6. The molecule has 166 valence electrons. The van der Waals surface area contributed by atoms with E-state index in [1.54, 1.807) is 4.68 Å². The van der Waals surface area contributed by atoms with Gasteiger partial charge < -0.3 is 14.8 Å². The molecule has 3 aliphatic rings. The highest BCUT2D eigenvalue weighted by Crippen LogP contribution is 2.36. The highest BCUT2D eigenvalue weighted by molar-refractivity contribution is 5.93. The lowest BCUT2D eigenvalue weighted by molar-refractivity contribution is -0.118. The van der Waals surface area contributed by atoms with Crippen molar-refractivity contribution in [2.45, 2.75) is 38.1 Å². The maximum atomic E-state index is 12.8. The average Bonchev–Trinajstić information content (AvgIpc) is 3.22. The predicted octanol–water partition coefficient (Wildman–Crippen LogP) is 3.32. The summed E-state index contributed by atoms with van der Waals surface area (Å²) in [5.74, 6) is 1.75. The van der Waals surface area contributed by atoms with E-state index in [9.17, 15) is 4.79 Å². The third kappa shape index (κ3) is 4.62. The molecule has 7 nitrogen and oxygen atoms in total. The molecule has 1 aromatic heterocycles. The number of nitrogens with zero attached hydrogens (tertiary/aromatic N) is 3. The van der Waals surface area contributed by atoms with Crippen LogP contribution in [-0.4, -0.2) is 59.5 Å². The molecule has 31 heavy (non-hydrogen) atoms. The van der Waals surface area contributed by atoms with Gasteiger partial charge in [-0.2, -0.15) is 5.10 Å². The molecule has 0 radical (unpaired) electrons. The second kappa shape index (κ2) is 9.01. The Kier molecular flexibility index (Phi) is 5.96. The zero-order valence-electron chi connectivity index (χ0n) is 18.3. The summed E-state index contributed by atoms with van der Waals surface area (Å²) in [6.45, 7) is 4.56. The van der Waals surface area contributed by atoms with E-state index < -0.39 is 0 Å². The van der Waals surface area contributed by atoms with Crippen LogP contribution in [0.2, 0.25) is 0 Å². The molecule has 2 aromatic rings. The van der Waals surface area contributed by atoms with Crippen LogP contribution < -0.4 is 10.1 Å². The number of carbonyl (C=O) groups excluding carboxylic acids is 1. The summed E-state index contributed by atoms with van der Waals surface area (Å²) in [4.78, 5) is 15.5. The molecule has 7 heteroatoms. The molecule has 2 saturated heterocycles. The molecular weight excluding hydrogens is 392 g/mol. The van der Waals surface area contributed by atoms with Crippen LogP contribution in [-0.2, 0) is 16.6 Å². The average molecular weight is 425 g/mol. The fourth-order valence-electron chi connectivity index (χ4n) is 5.34. The quantitative estimate of drug-likeness (QED) is 0.801. The first-order valence-electron chi connectivity index (χ1n) is 11.5. The summed E-state index contributed by atoms with van der Waals surface area (Å²) in [7, 11) is 1.91. The Morgan fingerprint density at radius 3 is 2.74 bits per heavy atom. The molecule has 2 atom stereocenters. The Balaban J connectivity index is 1.32. The molecule has 4 heterocycles. The summed E-state index contributed by atoms with van der Waals surface area (Å²) in [5.41, 5.74) is 2.84. The van der Waals surface area contributed by atoms with Gasteiger partial charge in [0, 0.05) is 51.0 Å². The molecule has 0 unspecified atom stereocenters. The first-order valence-corrected chi connectivity index (χ1v) is 11.5. The number of rotatable bonds is 2. The van der Waals surface area contributed by atoms with Gasteiger partial charge in [0.25, 0.3) is 0 Å². The third-order valence-corrected chi connectivity index (χ3v) is 7.12. The SMILES string of the molecule is Cn1cc(-c2ccc3c(c2)OCC[C@H]2CN(C4CCOCC4)CC[C@H]2CC(=O)N3)cn1. The Bertz CT molecular complexity index is 921. The number of nitrogens with one attached hydrogen (secondary N) is 1. The molecule has 1 N–H and O–H groups in total. The number of piperidine rings is 1.